The van der Waals surface area contributed by atoms with Gasteiger partial charge in [0.05, 0.1) is 12.5 Å². The number of carboxylic acid groups (broad SMARTS) is 1. The smallest absolute Gasteiger partial charge is 0.307 e. The molecule has 21 heavy (non-hydrogen) atoms. The molecule has 0 amide bonds. The summed E-state index contributed by atoms with van der Waals surface area (Å²) in [5.41, 5.74) is 2.00. The van der Waals surface area contributed by atoms with Crippen LogP contribution in [0.5, 0.6) is 0 Å². The van der Waals surface area contributed by atoms with E-state index in [0.29, 0.717) is 18.9 Å². The van der Waals surface area contributed by atoms with Crippen molar-refractivity contribution in [2.24, 2.45) is 5.92 Å². The van der Waals surface area contributed by atoms with Gasteiger partial charge < -0.3 is 14.8 Å². The zero-order valence-corrected chi connectivity index (χ0v) is 12.2. The number of rotatable bonds is 2. The fourth-order valence-corrected chi connectivity index (χ4v) is 3.34. The summed E-state index contributed by atoms with van der Waals surface area (Å²) in [7, 11) is 0. The van der Waals surface area contributed by atoms with E-state index < -0.39 is 5.97 Å². The van der Waals surface area contributed by atoms with Crippen LogP contribution in [-0.4, -0.2) is 26.9 Å². The second kappa shape index (κ2) is 5.53. The molecule has 1 aromatic heterocycles. The summed E-state index contributed by atoms with van der Waals surface area (Å²) in [6.07, 6.45) is 10.5. The Kier molecular flexibility index (Phi) is 3.72. The Hall–Kier alpha value is -1.81. The van der Waals surface area contributed by atoms with Crippen molar-refractivity contribution in [1.82, 2.24) is 4.57 Å². The predicted molar refractivity (Wildman–Crippen MR) is 81.2 cm³/mol. The zero-order chi connectivity index (χ0) is 15.0. The highest BCUT2D eigenvalue weighted by Gasteiger charge is 2.23. The van der Waals surface area contributed by atoms with Crippen molar-refractivity contribution in [1.29, 1.82) is 0 Å². The molecule has 4 nitrogen and oxygen atoms in total. The van der Waals surface area contributed by atoms with E-state index in [0.717, 1.165) is 34.7 Å². The van der Waals surface area contributed by atoms with E-state index in [1.165, 1.54) is 0 Å². The number of aliphatic hydroxyl groups excluding tert-OH is 1. The molecule has 0 bridgehead atoms. The number of nitrogens with zero attached hydrogens (tertiary/aromatic N) is 1. The lowest BCUT2D eigenvalue weighted by atomic mass is 10.0. The van der Waals surface area contributed by atoms with Gasteiger partial charge in [-0.2, -0.15) is 0 Å². The van der Waals surface area contributed by atoms with Gasteiger partial charge in [0, 0.05) is 22.8 Å². The van der Waals surface area contributed by atoms with Crippen molar-refractivity contribution in [3.63, 3.8) is 0 Å². The zero-order valence-electron chi connectivity index (χ0n) is 12.2. The first kappa shape index (κ1) is 14.1. The van der Waals surface area contributed by atoms with E-state index in [9.17, 15) is 15.0 Å². The second-order valence-corrected chi connectivity index (χ2v) is 6.07. The minimum atomic E-state index is -0.801. The van der Waals surface area contributed by atoms with Crippen LogP contribution in [0.1, 0.15) is 31.0 Å². The molecule has 2 atom stereocenters. The summed E-state index contributed by atoms with van der Waals surface area (Å²) < 4.78 is 2.13. The molecule has 2 unspecified atom stereocenters. The third-order valence-electron chi connectivity index (χ3n) is 4.39. The molecule has 0 radical (unpaired) electrons. The van der Waals surface area contributed by atoms with Crippen molar-refractivity contribution in [2.45, 2.75) is 45.3 Å². The Labute approximate surface area is 123 Å². The minimum absolute atomic E-state index is 0.0501. The van der Waals surface area contributed by atoms with Gasteiger partial charge in [-0.1, -0.05) is 31.2 Å². The Morgan fingerprint density at radius 3 is 3.05 bits per heavy atom. The number of carbonyl (C=O) groups is 1. The van der Waals surface area contributed by atoms with Gasteiger partial charge >= 0.3 is 5.97 Å². The van der Waals surface area contributed by atoms with Crippen molar-refractivity contribution in [3.8, 4) is 0 Å². The van der Waals surface area contributed by atoms with Gasteiger partial charge in [0.25, 0.3) is 0 Å². The van der Waals surface area contributed by atoms with E-state index in [2.05, 4.69) is 23.6 Å². The number of aromatic nitrogens is 1. The van der Waals surface area contributed by atoms with E-state index >= 15 is 0 Å². The molecular weight excluding hydrogens is 266 g/mol. The highest BCUT2D eigenvalue weighted by atomic mass is 16.4. The van der Waals surface area contributed by atoms with Crippen molar-refractivity contribution in [3.05, 3.63) is 34.0 Å². The van der Waals surface area contributed by atoms with E-state index in [-0.39, 0.29) is 12.5 Å². The predicted octanol–water partition coefficient (Wildman–Crippen LogP) is 0.579. The maximum Gasteiger partial charge on any atom is 0.307 e. The van der Waals surface area contributed by atoms with Gasteiger partial charge in [-0.15, -0.1) is 0 Å². The molecule has 0 saturated carbocycles. The monoisotopic (exact) mass is 287 g/mol. The van der Waals surface area contributed by atoms with Crippen LogP contribution < -0.4 is 10.6 Å². The molecule has 3 rings (SSSR count). The third kappa shape index (κ3) is 2.68. The Morgan fingerprint density at radius 2 is 2.29 bits per heavy atom. The summed E-state index contributed by atoms with van der Waals surface area (Å²) in [5, 5.41) is 21.3. The molecule has 0 aromatic carbocycles. The number of carboxylic acids is 1. The topological polar surface area (TPSA) is 62.5 Å². The first-order valence-corrected chi connectivity index (χ1v) is 7.55. The lowest BCUT2D eigenvalue weighted by Gasteiger charge is -2.22. The Bertz CT molecular complexity index is 711. The van der Waals surface area contributed by atoms with Gasteiger partial charge in [-0.3, -0.25) is 4.79 Å². The number of aliphatic carboxylic acids is 1. The number of hydrogen-bond acceptors (Lipinski definition) is 2. The number of allylic oxidation sites excluding steroid dienone is 2. The Morgan fingerprint density at radius 1 is 1.48 bits per heavy atom. The van der Waals surface area contributed by atoms with E-state index in [1.54, 1.807) is 0 Å². The summed E-state index contributed by atoms with van der Waals surface area (Å²) in [5.74, 6) is -0.331. The van der Waals surface area contributed by atoms with Crippen molar-refractivity contribution < 1.29 is 15.0 Å². The average molecular weight is 287 g/mol. The molecule has 2 N–H and O–H groups in total. The molecular formula is C17H21NO3. The van der Waals surface area contributed by atoms with E-state index in [4.69, 9.17) is 0 Å². The fourth-order valence-electron chi connectivity index (χ4n) is 3.34. The van der Waals surface area contributed by atoms with Crippen LogP contribution in [0.4, 0.5) is 0 Å². The minimum Gasteiger partial charge on any atom is -0.481 e. The molecule has 4 heteroatoms. The molecule has 2 aliphatic rings. The van der Waals surface area contributed by atoms with Gasteiger partial charge in [0.1, 0.15) is 0 Å². The number of hydrogen-bond donors (Lipinski definition) is 2. The van der Waals surface area contributed by atoms with Crippen LogP contribution in [0.25, 0.3) is 12.2 Å². The number of aliphatic hydroxyl groups is 1. The SMILES string of the molecule is CC1\C=C/C=c2/c(CC(=O)O)c3n(/c2=C\C1)CC(O)CC3. The molecule has 0 spiro atoms. The first-order chi connectivity index (χ1) is 10.1. The molecule has 112 valence electrons. The molecule has 1 aliphatic heterocycles. The van der Waals surface area contributed by atoms with Crippen LogP contribution in [0, 0.1) is 5.92 Å². The van der Waals surface area contributed by atoms with Crippen LogP contribution in [0.2, 0.25) is 0 Å². The normalized spacial score (nSPS) is 28.9. The standard InChI is InChI=1S/C17H21NO3/c1-11-3-2-4-13-14(9-17(20)21)16-8-6-12(19)10-18(16)15(13)7-5-11/h2-4,7,11-12,19H,5-6,8-10H2,1H3,(H,20,21)/b3-2-,13-4-,15-7-. The molecule has 2 heterocycles. The first-order valence-electron chi connectivity index (χ1n) is 7.55. The summed E-state index contributed by atoms with van der Waals surface area (Å²) in [4.78, 5) is 11.2. The summed E-state index contributed by atoms with van der Waals surface area (Å²) >= 11 is 0. The lowest BCUT2D eigenvalue weighted by molar-refractivity contribution is -0.136. The largest absolute Gasteiger partial charge is 0.481 e. The third-order valence-corrected chi connectivity index (χ3v) is 4.39. The number of fused-ring (bicyclic) bond motifs is 3. The lowest BCUT2D eigenvalue weighted by Crippen LogP contribution is -2.35. The van der Waals surface area contributed by atoms with Crippen molar-refractivity contribution in [2.75, 3.05) is 0 Å². The quantitative estimate of drug-likeness (QED) is 0.836. The van der Waals surface area contributed by atoms with Crippen LogP contribution in [0.3, 0.4) is 0 Å². The molecule has 0 saturated heterocycles. The Balaban J connectivity index is 2.26. The second-order valence-electron chi connectivity index (χ2n) is 6.07. The maximum absolute atomic E-state index is 11.2. The van der Waals surface area contributed by atoms with Crippen LogP contribution in [-0.2, 0) is 24.2 Å². The van der Waals surface area contributed by atoms with Gasteiger partial charge in [0.15, 0.2) is 0 Å². The summed E-state index contributed by atoms with van der Waals surface area (Å²) in [6, 6.07) is 0. The van der Waals surface area contributed by atoms with E-state index in [1.807, 2.05) is 12.2 Å². The van der Waals surface area contributed by atoms with Gasteiger partial charge in [-0.25, -0.2) is 0 Å². The van der Waals surface area contributed by atoms with Gasteiger partial charge in [-0.05, 0) is 30.7 Å². The van der Waals surface area contributed by atoms with Gasteiger partial charge in [0.2, 0.25) is 0 Å². The summed E-state index contributed by atoms with van der Waals surface area (Å²) in [6.45, 7) is 2.73. The molecule has 1 aliphatic carbocycles. The maximum atomic E-state index is 11.2. The highest BCUT2D eigenvalue weighted by Crippen LogP contribution is 2.17. The fraction of sp³-hybridized carbons (Fsp3) is 0.471. The molecule has 0 fully saturated rings. The average Bonchev–Trinajstić information content (AvgIpc) is 2.66. The van der Waals surface area contributed by atoms with Crippen molar-refractivity contribution >= 4 is 18.1 Å². The molecule has 1 aromatic rings. The van der Waals surface area contributed by atoms with Crippen LogP contribution in [0.15, 0.2) is 12.2 Å². The van der Waals surface area contributed by atoms with Crippen LogP contribution >= 0.6 is 0 Å². The highest BCUT2D eigenvalue weighted by molar-refractivity contribution is 5.71.